The summed E-state index contributed by atoms with van der Waals surface area (Å²) in [5.41, 5.74) is 6.63. The van der Waals surface area contributed by atoms with Gasteiger partial charge in [0.15, 0.2) is 12.1 Å². The number of likely N-dealkylation sites (tertiary alicyclic amines) is 1. The number of methoxy groups -OCH3 is 1. The molecule has 23 heteroatoms. The summed E-state index contributed by atoms with van der Waals surface area (Å²) in [6, 6.07) is 11.3. The average molecular weight is 1110 g/mol. The Bertz CT molecular complexity index is 2930. The van der Waals surface area contributed by atoms with Gasteiger partial charge in [0.1, 0.15) is 30.1 Å². The lowest BCUT2D eigenvalue weighted by Gasteiger charge is -2.42. The number of aromatic nitrogens is 5. The number of thiazole rings is 1. The van der Waals surface area contributed by atoms with E-state index in [0.717, 1.165) is 71.0 Å². The Morgan fingerprint density at radius 1 is 0.924 bits per heavy atom. The summed E-state index contributed by atoms with van der Waals surface area (Å²) in [4.78, 5) is 80.4. The first-order valence-corrected chi connectivity index (χ1v) is 27.8. The number of ether oxygens (including phenoxy) is 5. The molecular formula is C56H72N12O10S. The molecule has 1 saturated heterocycles. The number of aliphatic hydroxyl groups is 1. The van der Waals surface area contributed by atoms with E-state index in [1.165, 1.54) is 12.0 Å². The van der Waals surface area contributed by atoms with Crippen LogP contribution in [0.25, 0.3) is 21.0 Å². The number of hydrogen-bond acceptors (Lipinski definition) is 17. The van der Waals surface area contributed by atoms with Gasteiger partial charge in [0.2, 0.25) is 23.7 Å². The lowest BCUT2D eigenvalue weighted by Crippen LogP contribution is -2.58. The molecule has 1 saturated carbocycles. The van der Waals surface area contributed by atoms with Crippen LogP contribution in [0.15, 0.2) is 60.5 Å². The van der Waals surface area contributed by atoms with Gasteiger partial charge in [-0.2, -0.15) is 4.98 Å². The van der Waals surface area contributed by atoms with Crippen LogP contribution in [0.4, 0.5) is 23.3 Å². The highest BCUT2D eigenvalue weighted by molar-refractivity contribution is 7.13. The van der Waals surface area contributed by atoms with Crippen LogP contribution in [-0.4, -0.2) is 155 Å². The Morgan fingerprint density at radius 3 is 2.29 bits per heavy atom. The maximum Gasteiger partial charge on any atom is 0.293 e. The lowest BCUT2D eigenvalue weighted by atomic mass is 9.85. The molecule has 5 heterocycles. The van der Waals surface area contributed by atoms with Crippen molar-refractivity contribution in [2.75, 3.05) is 83.3 Å². The largest absolute Gasteiger partial charge is 0.495 e. The third-order valence-corrected chi connectivity index (χ3v) is 15.2. The van der Waals surface area contributed by atoms with E-state index < -0.39 is 35.4 Å². The molecule has 2 fully saturated rings. The van der Waals surface area contributed by atoms with E-state index in [4.69, 9.17) is 35.2 Å². The molecule has 4 amide bonds. The summed E-state index contributed by atoms with van der Waals surface area (Å²) in [6.45, 7) is 19.3. The Labute approximate surface area is 464 Å². The number of hydrogen-bond donors (Lipinski definition) is 5. The zero-order valence-corrected chi connectivity index (χ0v) is 46.6. The van der Waals surface area contributed by atoms with E-state index in [0.29, 0.717) is 54.6 Å². The number of rotatable bonds is 26. The van der Waals surface area contributed by atoms with Crippen LogP contribution in [0, 0.1) is 18.9 Å². The Kier molecular flexibility index (Phi) is 20.0. The topological polar surface area (TPSA) is 250 Å². The molecule has 0 bridgehead atoms. The van der Waals surface area contributed by atoms with Gasteiger partial charge in [-0.05, 0) is 60.9 Å². The van der Waals surface area contributed by atoms with Gasteiger partial charge >= 0.3 is 0 Å². The van der Waals surface area contributed by atoms with Crippen LogP contribution in [0.1, 0.15) is 99.6 Å². The van der Waals surface area contributed by atoms with Crippen molar-refractivity contribution in [3.05, 3.63) is 94.4 Å². The van der Waals surface area contributed by atoms with E-state index in [1.54, 1.807) is 42.1 Å². The van der Waals surface area contributed by atoms with Crippen LogP contribution >= 0.6 is 11.3 Å². The van der Waals surface area contributed by atoms with Crippen molar-refractivity contribution < 1.29 is 48.0 Å². The van der Waals surface area contributed by atoms with Gasteiger partial charge in [-0.15, -0.1) is 16.3 Å². The number of aliphatic hydroxyl groups excluding tert-OH is 1. The van der Waals surface area contributed by atoms with Crippen LogP contribution in [0.3, 0.4) is 0 Å². The van der Waals surface area contributed by atoms with Crippen molar-refractivity contribution in [2.24, 2.45) is 5.41 Å². The summed E-state index contributed by atoms with van der Waals surface area (Å²) >= 11 is 1.57. The van der Waals surface area contributed by atoms with Crippen molar-refractivity contribution >= 4 is 58.2 Å². The molecule has 0 unspecified atom stereocenters. The fourth-order valence-electron chi connectivity index (χ4n) is 10.2. The van der Waals surface area contributed by atoms with Gasteiger partial charge in [0.05, 0.1) is 99.2 Å². The lowest BCUT2D eigenvalue weighted by molar-refractivity contribution is -0.144. The number of amides is 4. The fourth-order valence-corrected chi connectivity index (χ4v) is 11.0. The molecule has 2 aromatic carbocycles. The molecule has 422 valence electrons. The van der Waals surface area contributed by atoms with E-state index in [-0.39, 0.29) is 76.9 Å². The molecule has 3 aromatic heterocycles. The first kappa shape index (κ1) is 58.1. The van der Waals surface area contributed by atoms with Crippen LogP contribution in [0.5, 0.6) is 5.75 Å². The number of nitrogens with zero attached hydrogens (tertiary/aromatic N) is 8. The zero-order chi connectivity index (χ0) is 56.1. The second-order valence-corrected chi connectivity index (χ2v) is 21.6. The Hall–Kier alpha value is -7.07. The molecule has 5 aromatic rings. The molecule has 0 spiro atoms. The van der Waals surface area contributed by atoms with Gasteiger partial charge in [-0.1, -0.05) is 71.4 Å². The monoisotopic (exact) mass is 1100 g/mol. The minimum Gasteiger partial charge on any atom is -0.495 e. The number of β-amino-alcohol motifs (C(OH)–C–C–N with tert-alkyl or cyclic N) is 1. The number of anilines is 3. The second kappa shape index (κ2) is 27.2. The van der Waals surface area contributed by atoms with E-state index in [2.05, 4.69) is 52.9 Å². The average Bonchev–Trinajstić information content (AvgIpc) is 4.35. The molecule has 1 aliphatic carbocycles. The first-order chi connectivity index (χ1) is 38.2. The molecule has 4 atom stereocenters. The molecule has 79 heavy (non-hydrogen) atoms. The Morgan fingerprint density at radius 2 is 1.63 bits per heavy atom. The van der Waals surface area contributed by atoms with E-state index >= 15 is 0 Å². The minimum atomic E-state index is -0.983. The Balaban J connectivity index is 0.685. The minimum absolute atomic E-state index is 0.0291. The highest BCUT2D eigenvalue weighted by Gasteiger charge is 2.45. The van der Waals surface area contributed by atoms with Gasteiger partial charge in [-0.25, -0.2) is 9.97 Å². The fraction of sp³-hybridized carbons (Fsp3) is 0.518. The SMILES string of the molecule is [C-]#[N+]c1ncn2c1[C@@H](CC)N(C1CCCC1)c1nc(Nc3ccc(C(=O)NCCOCCOCCOCCOCC(=O)N[C@H](C(=O)N4C[C@H](O)C[C@H]4C(=O)NCc4ccc(-c5scnc5C)cc4)C(C)(C)C)cc3OC)ncc1-2. The predicted molar refractivity (Wildman–Crippen MR) is 297 cm³/mol. The number of fused-ring (bicyclic) bond motifs is 3. The van der Waals surface area contributed by atoms with E-state index in [9.17, 15) is 24.3 Å². The van der Waals surface area contributed by atoms with Crippen molar-refractivity contribution in [3.8, 4) is 21.9 Å². The highest BCUT2D eigenvalue weighted by Crippen LogP contribution is 2.46. The van der Waals surface area contributed by atoms with Gasteiger partial charge < -0.3 is 64.7 Å². The molecule has 0 radical (unpaired) electrons. The van der Waals surface area contributed by atoms with Crippen LogP contribution < -0.4 is 30.9 Å². The summed E-state index contributed by atoms with van der Waals surface area (Å²) in [5.74, 6) is 0.378. The van der Waals surface area contributed by atoms with Gasteiger partial charge in [0, 0.05) is 37.7 Å². The van der Waals surface area contributed by atoms with Crippen molar-refractivity contribution in [3.63, 3.8) is 0 Å². The molecule has 2 aliphatic heterocycles. The summed E-state index contributed by atoms with van der Waals surface area (Å²) in [5, 5.41) is 22.4. The number of carbonyl (C=O) groups excluding carboxylic acids is 4. The first-order valence-electron chi connectivity index (χ1n) is 26.9. The normalized spacial score (nSPS) is 17.4. The van der Waals surface area contributed by atoms with Crippen LogP contribution in [-0.2, 0) is 39.9 Å². The molecule has 3 aliphatic rings. The van der Waals surface area contributed by atoms with Crippen molar-refractivity contribution in [2.45, 2.75) is 110 Å². The standard InChI is InChI=1S/C56H72N12O10S/c1-8-42-47-50(57-6)61-33-67(47)44-30-60-55(65-51(44)68(42)39-11-9-10-12-39)63-41-18-17-38(27-45(41)74-7)52(71)58-19-20-75-21-22-76-23-24-77-25-26-78-32-46(70)64-49(56(3,4)5)54(73)66-31-40(69)28-43(66)53(72)59-29-36-13-15-37(16-14-36)48-35(2)62-34-79-48/h13-18,27,30,33-34,39-40,42-43,49,69H,8-12,19-26,28-29,31-32H2,1-5,7H3,(H,58,71)(H,59,72)(H,64,70)(H,60,63,65)/t40-,42-,43+,49-/m1/s1. The predicted octanol–water partition coefficient (Wildman–Crippen LogP) is 6.22. The zero-order valence-electron chi connectivity index (χ0n) is 45.8. The van der Waals surface area contributed by atoms with Gasteiger partial charge in [0.25, 0.3) is 11.7 Å². The third-order valence-electron chi connectivity index (χ3n) is 14.2. The number of benzene rings is 2. The number of aryl methyl sites for hydroxylation is 1. The quantitative estimate of drug-likeness (QED) is 0.0305. The molecule has 8 rings (SSSR count). The number of imidazole rings is 1. The van der Waals surface area contributed by atoms with Crippen molar-refractivity contribution in [1.29, 1.82) is 0 Å². The van der Waals surface area contributed by atoms with Crippen LogP contribution in [0.2, 0.25) is 0 Å². The summed E-state index contributed by atoms with van der Waals surface area (Å²) in [6.07, 6.45) is 7.82. The second-order valence-electron chi connectivity index (χ2n) is 20.7. The molecular weight excluding hydrogens is 1030 g/mol. The summed E-state index contributed by atoms with van der Waals surface area (Å²) in [7, 11) is 1.53. The third kappa shape index (κ3) is 14.4. The maximum absolute atomic E-state index is 14.0. The van der Waals surface area contributed by atoms with Crippen molar-refractivity contribution in [1.82, 2.24) is 45.4 Å². The van der Waals surface area contributed by atoms with Gasteiger partial charge in [-0.3, -0.25) is 23.7 Å². The summed E-state index contributed by atoms with van der Waals surface area (Å²) < 4.78 is 30.0. The number of nitrogens with one attached hydrogen (secondary N) is 4. The highest BCUT2D eigenvalue weighted by atomic mass is 32.1. The molecule has 22 nitrogen and oxygen atoms in total. The van der Waals surface area contributed by atoms with E-state index in [1.807, 2.05) is 62.0 Å². The number of carbonyl (C=O) groups is 4. The smallest absolute Gasteiger partial charge is 0.293 e. The maximum atomic E-state index is 14.0. The molecule has 5 N–H and O–H groups in total.